The minimum absolute atomic E-state index is 0. The number of rotatable bonds is 18. The highest BCUT2D eigenvalue weighted by Crippen LogP contribution is 2.39. The van der Waals surface area contributed by atoms with Crippen LogP contribution in [-0.4, -0.2) is 96.0 Å². The predicted molar refractivity (Wildman–Crippen MR) is 169 cm³/mol. The van der Waals surface area contributed by atoms with Gasteiger partial charge in [0.25, 0.3) is 0 Å². The highest BCUT2D eigenvalue weighted by molar-refractivity contribution is 6.31. The Labute approximate surface area is 284 Å². The fourth-order valence-corrected chi connectivity index (χ4v) is 4.42. The van der Waals surface area contributed by atoms with E-state index in [0.29, 0.717) is 0 Å². The van der Waals surface area contributed by atoms with Crippen molar-refractivity contribution in [3.05, 3.63) is 52.6 Å². The number of carboxylic acids is 2. The standard InChI is InChI=1S/C30H32ClN3O13.ClH/c31-14-22(35)34-15-12-17-26(21(13-15)45-9-11-47-30(43)19(33)5-7-24(38)39)28(41)25-16(27(17)40)2-1-3-20(25)44-8-10-46-29(42)18(32)4-6-23(36)37;/h1-3,12-13,18-19H,4-11,14,32-33H2,(H,34,35)(H,36,37)(H,38,39);1H/t18-,19-;/m0./s1. The van der Waals surface area contributed by atoms with Crippen molar-refractivity contribution in [2.24, 2.45) is 11.5 Å². The number of fused-ring (bicyclic) bond motifs is 2. The number of nitrogens with two attached hydrogens (primary N) is 2. The van der Waals surface area contributed by atoms with Crippen LogP contribution < -0.4 is 26.3 Å². The van der Waals surface area contributed by atoms with Gasteiger partial charge in [0.15, 0.2) is 5.78 Å². The molecule has 0 heterocycles. The monoisotopic (exact) mass is 713 g/mol. The topological polar surface area (TPSA) is 261 Å². The third-order valence-corrected chi connectivity index (χ3v) is 6.83. The van der Waals surface area contributed by atoms with Crippen LogP contribution in [0.3, 0.4) is 0 Å². The summed E-state index contributed by atoms with van der Waals surface area (Å²) in [6.07, 6.45) is -0.923. The zero-order valence-electron chi connectivity index (χ0n) is 25.2. The van der Waals surface area contributed by atoms with E-state index in [4.69, 9.17) is 52.2 Å². The van der Waals surface area contributed by atoms with Crippen molar-refractivity contribution >= 4 is 71.0 Å². The number of nitrogens with one attached hydrogen (secondary N) is 1. The van der Waals surface area contributed by atoms with Crippen LogP contribution in [-0.2, 0) is 33.4 Å². The van der Waals surface area contributed by atoms with Gasteiger partial charge in [-0.05, 0) is 25.0 Å². The van der Waals surface area contributed by atoms with Gasteiger partial charge in [-0.1, -0.05) is 12.1 Å². The maximum absolute atomic E-state index is 13.9. The molecular formula is C30H33Cl2N3O13. The number of hydrogen-bond donors (Lipinski definition) is 5. The molecule has 2 atom stereocenters. The van der Waals surface area contributed by atoms with Crippen molar-refractivity contribution in [1.29, 1.82) is 0 Å². The molecular weight excluding hydrogens is 681 g/mol. The van der Waals surface area contributed by atoms with E-state index >= 15 is 0 Å². The summed E-state index contributed by atoms with van der Waals surface area (Å²) in [4.78, 5) is 85.0. The van der Waals surface area contributed by atoms with E-state index in [1.54, 1.807) is 0 Å². The summed E-state index contributed by atoms with van der Waals surface area (Å²) in [7, 11) is 0. The SMILES string of the molecule is Cl.N[C@@H](CCC(=O)O)C(=O)OCCOc1cccc2c1C(=O)c1c(OCCOC(=O)[C@@H](N)CCC(=O)O)cc(NC(=O)CCl)cc1C2=O. The number of carboxylic acid groups (broad SMARTS) is 2. The molecule has 1 aliphatic rings. The number of hydrogen-bond acceptors (Lipinski definition) is 13. The van der Waals surface area contributed by atoms with E-state index in [1.807, 2.05) is 0 Å². The van der Waals surface area contributed by atoms with Gasteiger partial charge in [-0.15, -0.1) is 24.0 Å². The van der Waals surface area contributed by atoms with Gasteiger partial charge in [-0.2, -0.15) is 0 Å². The second kappa shape index (κ2) is 18.5. The second-order valence-electron chi connectivity index (χ2n) is 10.0. The predicted octanol–water partition coefficient (Wildman–Crippen LogP) is 1.29. The third kappa shape index (κ3) is 10.6. The smallest absolute Gasteiger partial charge is 0.323 e. The highest BCUT2D eigenvalue weighted by atomic mass is 35.5. The Morgan fingerprint density at radius 3 is 1.79 bits per heavy atom. The molecule has 0 saturated heterocycles. The van der Waals surface area contributed by atoms with Gasteiger partial charge in [-0.3, -0.25) is 33.6 Å². The Kier molecular flexibility index (Phi) is 15.2. The number of esters is 2. The maximum atomic E-state index is 13.9. The largest absolute Gasteiger partial charge is 0.489 e. The summed E-state index contributed by atoms with van der Waals surface area (Å²) < 4.78 is 21.5. The minimum Gasteiger partial charge on any atom is -0.489 e. The first-order chi connectivity index (χ1) is 22.3. The van der Waals surface area contributed by atoms with Gasteiger partial charge < -0.3 is 45.9 Å². The molecule has 1 aliphatic carbocycles. The number of alkyl halides is 1. The summed E-state index contributed by atoms with van der Waals surface area (Å²) in [6.45, 7) is -1.20. The van der Waals surface area contributed by atoms with Crippen molar-refractivity contribution in [2.45, 2.75) is 37.8 Å². The fourth-order valence-electron chi connectivity index (χ4n) is 4.35. The highest BCUT2D eigenvalue weighted by Gasteiger charge is 2.36. The minimum atomic E-state index is -1.18. The Hall–Kier alpha value is -4.77. The number of halogens is 2. The first kappa shape index (κ1) is 39.4. The normalized spacial score (nSPS) is 12.7. The lowest BCUT2D eigenvalue weighted by molar-refractivity contribution is -0.147. The quantitative estimate of drug-likeness (QED) is 0.0706. The maximum Gasteiger partial charge on any atom is 0.323 e. The van der Waals surface area contributed by atoms with E-state index in [1.165, 1.54) is 30.3 Å². The van der Waals surface area contributed by atoms with Gasteiger partial charge in [0.1, 0.15) is 55.9 Å². The molecule has 0 fully saturated rings. The lowest BCUT2D eigenvalue weighted by Crippen LogP contribution is -2.33. The van der Waals surface area contributed by atoms with Crippen LogP contribution in [0.2, 0.25) is 0 Å². The molecule has 0 bridgehead atoms. The van der Waals surface area contributed by atoms with Gasteiger partial charge >= 0.3 is 23.9 Å². The molecule has 0 unspecified atom stereocenters. The van der Waals surface area contributed by atoms with Gasteiger partial charge in [0, 0.05) is 35.7 Å². The molecule has 3 rings (SSSR count). The van der Waals surface area contributed by atoms with Crippen LogP contribution in [0, 0.1) is 0 Å². The molecule has 1 amide bonds. The van der Waals surface area contributed by atoms with Crippen LogP contribution in [0.25, 0.3) is 0 Å². The van der Waals surface area contributed by atoms with Crippen LogP contribution in [0.5, 0.6) is 11.5 Å². The zero-order valence-corrected chi connectivity index (χ0v) is 26.8. The molecule has 16 nitrogen and oxygen atoms in total. The lowest BCUT2D eigenvalue weighted by atomic mass is 9.82. The molecule has 0 aromatic heterocycles. The van der Waals surface area contributed by atoms with Crippen molar-refractivity contribution in [2.75, 3.05) is 37.6 Å². The third-order valence-electron chi connectivity index (χ3n) is 6.59. The van der Waals surface area contributed by atoms with Crippen molar-refractivity contribution in [1.82, 2.24) is 0 Å². The van der Waals surface area contributed by atoms with Gasteiger partial charge in [0.05, 0.1) is 11.1 Å². The van der Waals surface area contributed by atoms with E-state index in [0.717, 1.165) is 0 Å². The Balaban J connectivity index is 0.00000800. The summed E-state index contributed by atoms with van der Waals surface area (Å²) in [5.41, 5.74) is 11.0. The fraction of sp³-hybridized carbons (Fsp3) is 0.367. The van der Waals surface area contributed by atoms with Crippen LogP contribution in [0.4, 0.5) is 5.69 Å². The Morgan fingerprint density at radius 2 is 1.27 bits per heavy atom. The Morgan fingerprint density at radius 1 is 0.750 bits per heavy atom. The summed E-state index contributed by atoms with van der Waals surface area (Å²) in [5, 5.41) is 20.0. The zero-order chi connectivity index (χ0) is 34.7. The number of aliphatic carboxylic acids is 2. The van der Waals surface area contributed by atoms with E-state index in [-0.39, 0.29) is 104 Å². The molecule has 2 aromatic carbocycles. The lowest BCUT2D eigenvalue weighted by Gasteiger charge is -2.23. The summed E-state index contributed by atoms with van der Waals surface area (Å²) >= 11 is 5.60. The van der Waals surface area contributed by atoms with E-state index < -0.39 is 59.3 Å². The van der Waals surface area contributed by atoms with Crippen molar-refractivity contribution in [3.63, 3.8) is 0 Å². The molecule has 260 valence electrons. The first-order valence-electron chi connectivity index (χ1n) is 14.1. The number of carbonyl (C=O) groups is 7. The van der Waals surface area contributed by atoms with Crippen molar-refractivity contribution in [3.8, 4) is 11.5 Å². The molecule has 0 radical (unpaired) electrons. The summed E-state index contributed by atoms with van der Waals surface area (Å²) in [5.74, 6) is -6.36. The van der Waals surface area contributed by atoms with Gasteiger partial charge in [-0.25, -0.2) is 0 Å². The number of benzene rings is 2. The molecule has 0 spiro atoms. The molecule has 0 aliphatic heterocycles. The number of carbonyl (C=O) groups excluding carboxylic acids is 5. The average molecular weight is 715 g/mol. The molecule has 0 saturated carbocycles. The van der Waals surface area contributed by atoms with Crippen LogP contribution >= 0.6 is 24.0 Å². The summed E-state index contributed by atoms with van der Waals surface area (Å²) in [6, 6.07) is 4.56. The van der Waals surface area contributed by atoms with E-state index in [9.17, 15) is 33.6 Å². The number of ketones is 2. The molecule has 7 N–H and O–H groups in total. The first-order valence-corrected chi connectivity index (χ1v) is 14.7. The number of amides is 1. The van der Waals surface area contributed by atoms with Crippen LogP contribution in [0.15, 0.2) is 30.3 Å². The van der Waals surface area contributed by atoms with Crippen LogP contribution in [0.1, 0.15) is 57.5 Å². The van der Waals surface area contributed by atoms with Gasteiger partial charge in [0.2, 0.25) is 11.7 Å². The van der Waals surface area contributed by atoms with E-state index in [2.05, 4.69) is 5.32 Å². The molecule has 48 heavy (non-hydrogen) atoms. The molecule has 18 heteroatoms. The Bertz CT molecular complexity index is 1570. The van der Waals surface area contributed by atoms with Crippen molar-refractivity contribution < 1.29 is 62.7 Å². The molecule has 2 aromatic rings. The number of ether oxygens (including phenoxy) is 4. The second-order valence-corrected chi connectivity index (χ2v) is 10.3. The number of anilines is 1. The average Bonchev–Trinajstić information content (AvgIpc) is 3.04.